The molecule has 1 heteroatoms. The highest BCUT2D eigenvalue weighted by atomic mass is 16.3. The summed E-state index contributed by atoms with van der Waals surface area (Å²) < 4.78 is 0. The Labute approximate surface area is 199 Å². The second-order valence-electron chi connectivity index (χ2n) is 15.7. The van der Waals surface area contributed by atoms with E-state index in [1.807, 2.05) is 0 Å². The van der Waals surface area contributed by atoms with Gasteiger partial charge in [-0.1, -0.05) is 62.3 Å². The van der Waals surface area contributed by atoms with Crippen molar-refractivity contribution in [2.75, 3.05) is 0 Å². The summed E-state index contributed by atoms with van der Waals surface area (Å²) in [4.78, 5) is 0. The maximum Gasteiger partial charge on any atom is 0.0594 e. The van der Waals surface area contributed by atoms with Gasteiger partial charge in [-0.05, 0) is 126 Å². The third kappa shape index (κ3) is 2.51. The van der Waals surface area contributed by atoms with Crippen molar-refractivity contribution in [1.82, 2.24) is 0 Å². The molecule has 0 spiro atoms. The Kier molecular flexibility index (Phi) is 5.03. The molecule has 5 rings (SSSR count). The van der Waals surface area contributed by atoms with Crippen molar-refractivity contribution in [1.29, 1.82) is 0 Å². The van der Waals surface area contributed by atoms with Crippen LogP contribution in [0, 0.1) is 62.1 Å². The normalized spacial score (nSPS) is 59.2. The Morgan fingerprint density at radius 1 is 0.562 bits per heavy atom. The number of aliphatic hydroxyl groups excluding tert-OH is 1. The highest BCUT2D eigenvalue weighted by molar-refractivity contribution is 5.21. The molecule has 5 aliphatic rings. The third-order valence-electron chi connectivity index (χ3n) is 14.7. The molecule has 0 heterocycles. The molecule has 0 aromatic heterocycles. The minimum atomic E-state index is -0.113. The molecule has 10 atom stereocenters. The molecule has 32 heavy (non-hydrogen) atoms. The summed E-state index contributed by atoms with van der Waals surface area (Å²) in [6, 6.07) is 0. The van der Waals surface area contributed by atoms with Crippen LogP contribution >= 0.6 is 0 Å². The first kappa shape index (κ1) is 23.7. The summed E-state index contributed by atoms with van der Waals surface area (Å²) in [5.74, 6) is 4.14. The first-order chi connectivity index (χ1) is 14.7. The maximum atomic E-state index is 10.9. The Morgan fingerprint density at radius 2 is 1.09 bits per heavy atom. The molecular formula is C31H54O. The lowest BCUT2D eigenvalue weighted by Gasteiger charge is -2.74. The summed E-state index contributed by atoms with van der Waals surface area (Å²) in [5.41, 5.74) is 2.46. The van der Waals surface area contributed by atoms with E-state index in [0.717, 1.165) is 30.1 Å². The van der Waals surface area contributed by atoms with E-state index in [2.05, 4.69) is 62.3 Å². The topological polar surface area (TPSA) is 20.2 Å². The van der Waals surface area contributed by atoms with Gasteiger partial charge in [0.2, 0.25) is 0 Å². The van der Waals surface area contributed by atoms with Crippen LogP contribution < -0.4 is 0 Å². The molecule has 0 saturated heterocycles. The van der Waals surface area contributed by atoms with Gasteiger partial charge in [0.05, 0.1) is 6.10 Å². The van der Waals surface area contributed by atoms with Gasteiger partial charge in [0.15, 0.2) is 0 Å². The zero-order valence-electron chi connectivity index (χ0n) is 23.0. The van der Waals surface area contributed by atoms with Crippen molar-refractivity contribution in [2.45, 2.75) is 133 Å². The largest absolute Gasteiger partial charge is 0.393 e. The average Bonchev–Trinajstić information content (AvgIpc) is 2.98. The fourth-order valence-corrected chi connectivity index (χ4v) is 12.5. The molecule has 0 bridgehead atoms. The van der Waals surface area contributed by atoms with E-state index in [9.17, 15) is 5.11 Å². The lowest BCUT2D eigenvalue weighted by Crippen LogP contribution is -2.68. The summed E-state index contributed by atoms with van der Waals surface area (Å²) >= 11 is 0. The van der Waals surface area contributed by atoms with Crippen molar-refractivity contribution >= 4 is 0 Å². The van der Waals surface area contributed by atoms with Gasteiger partial charge in [0.1, 0.15) is 0 Å². The molecule has 0 aromatic rings. The number of aliphatic hydroxyl groups is 1. The van der Waals surface area contributed by atoms with E-state index >= 15 is 0 Å². The second-order valence-corrected chi connectivity index (χ2v) is 15.7. The Balaban J connectivity index is 1.54. The second kappa shape index (κ2) is 6.79. The summed E-state index contributed by atoms with van der Waals surface area (Å²) in [6.45, 7) is 23.4. The van der Waals surface area contributed by atoms with Crippen LogP contribution in [0.4, 0.5) is 0 Å². The standard InChI is InChI=1S/C31H54O/c1-20(2)21-12-16-30(8)24-11-10-23-27(5)15-14-25(32)26(3,4)22(27)13-17-29(23,7)31(24,9)19-18-28(21,30)6/h20-25,32H,10-19H2,1-9H3/t21-,22+,23-,24-,25+,27+,28-,29-,30-,31-/m1/s1. The van der Waals surface area contributed by atoms with Gasteiger partial charge in [-0.3, -0.25) is 0 Å². The predicted octanol–water partition coefficient (Wildman–Crippen LogP) is 8.49. The molecular weight excluding hydrogens is 388 g/mol. The van der Waals surface area contributed by atoms with Crippen LogP contribution in [0.2, 0.25) is 0 Å². The monoisotopic (exact) mass is 442 g/mol. The van der Waals surface area contributed by atoms with Gasteiger partial charge < -0.3 is 5.11 Å². The van der Waals surface area contributed by atoms with Crippen LogP contribution in [0.5, 0.6) is 0 Å². The maximum absolute atomic E-state index is 10.9. The van der Waals surface area contributed by atoms with Crippen molar-refractivity contribution < 1.29 is 5.11 Å². The molecule has 0 radical (unpaired) electrons. The van der Waals surface area contributed by atoms with Crippen LogP contribution in [0.1, 0.15) is 127 Å². The molecule has 0 amide bonds. The molecule has 184 valence electrons. The van der Waals surface area contributed by atoms with Gasteiger partial charge in [0.25, 0.3) is 0 Å². The zero-order valence-corrected chi connectivity index (χ0v) is 23.0. The van der Waals surface area contributed by atoms with E-state index in [0.29, 0.717) is 33.0 Å². The van der Waals surface area contributed by atoms with Crippen molar-refractivity contribution in [3.63, 3.8) is 0 Å². The Morgan fingerprint density at radius 3 is 1.75 bits per heavy atom. The van der Waals surface area contributed by atoms with Crippen molar-refractivity contribution in [3.05, 3.63) is 0 Å². The third-order valence-corrected chi connectivity index (χ3v) is 14.7. The number of hydrogen-bond donors (Lipinski definition) is 1. The smallest absolute Gasteiger partial charge is 0.0594 e. The van der Waals surface area contributed by atoms with Crippen LogP contribution in [0.25, 0.3) is 0 Å². The van der Waals surface area contributed by atoms with Gasteiger partial charge in [-0.15, -0.1) is 0 Å². The van der Waals surface area contributed by atoms with E-state index in [-0.39, 0.29) is 11.5 Å². The molecule has 5 saturated carbocycles. The SMILES string of the molecule is CC(C)[C@H]1CC[C@]2(C)[C@H]3CC[C@@H]4[C@@]5(C)CC[C@H](O)C(C)(C)[C@@H]5CC[C@@]4(C)[C@]3(C)CC[C@]12C. The van der Waals surface area contributed by atoms with Gasteiger partial charge in [0, 0.05) is 0 Å². The van der Waals surface area contributed by atoms with Gasteiger partial charge in [-0.25, -0.2) is 0 Å². The summed E-state index contributed by atoms with van der Waals surface area (Å²) in [5, 5.41) is 10.9. The fourth-order valence-electron chi connectivity index (χ4n) is 12.5. The zero-order chi connectivity index (χ0) is 23.5. The summed E-state index contributed by atoms with van der Waals surface area (Å²) in [6.07, 6.45) is 13.6. The highest BCUT2D eigenvalue weighted by Gasteiger charge is 2.72. The number of fused-ring (bicyclic) bond motifs is 7. The van der Waals surface area contributed by atoms with Gasteiger partial charge >= 0.3 is 0 Å². The van der Waals surface area contributed by atoms with Crippen LogP contribution in [0.3, 0.4) is 0 Å². The van der Waals surface area contributed by atoms with Crippen LogP contribution in [0.15, 0.2) is 0 Å². The molecule has 5 aliphatic carbocycles. The predicted molar refractivity (Wildman–Crippen MR) is 135 cm³/mol. The van der Waals surface area contributed by atoms with E-state index in [1.54, 1.807) is 0 Å². The first-order valence-corrected chi connectivity index (χ1v) is 14.4. The molecule has 1 nitrogen and oxygen atoms in total. The molecule has 1 N–H and O–H groups in total. The number of rotatable bonds is 1. The van der Waals surface area contributed by atoms with Crippen molar-refractivity contribution in [3.8, 4) is 0 Å². The van der Waals surface area contributed by atoms with E-state index in [1.165, 1.54) is 57.8 Å². The fraction of sp³-hybridized carbons (Fsp3) is 1.00. The molecule has 0 unspecified atom stereocenters. The molecule has 0 aromatic carbocycles. The minimum Gasteiger partial charge on any atom is -0.393 e. The van der Waals surface area contributed by atoms with Crippen LogP contribution in [-0.4, -0.2) is 11.2 Å². The lowest BCUT2D eigenvalue weighted by molar-refractivity contribution is -0.262. The van der Waals surface area contributed by atoms with Crippen molar-refractivity contribution in [2.24, 2.45) is 62.1 Å². The molecule has 5 fully saturated rings. The Bertz CT molecular complexity index is 768. The lowest BCUT2D eigenvalue weighted by atomic mass is 9.30. The van der Waals surface area contributed by atoms with E-state index < -0.39 is 0 Å². The quantitative estimate of drug-likeness (QED) is 0.431. The summed E-state index contributed by atoms with van der Waals surface area (Å²) in [7, 11) is 0. The molecule has 0 aliphatic heterocycles. The van der Waals surface area contributed by atoms with Gasteiger partial charge in [-0.2, -0.15) is 0 Å². The minimum absolute atomic E-state index is 0.0686. The Hall–Kier alpha value is -0.0400. The average molecular weight is 443 g/mol. The van der Waals surface area contributed by atoms with Crippen LogP contribution in [-0.2, 0) is 0 Å². The number of hydrogen-bond acceptors (Lipinski definition) is 1. The van der Waals surface area contributed by atoms with E-state index in [4.69, 9.17) is 0 Å². The first-order valence-electron chi connectivity index (χ1n) is 14.4. The highest BCUT2D eigenvalue weighted by Crippen LogP contribution is 2.80.